The van der Waals surface area contributed by atoms with Crippen LogP contribution in [-0.4, -0.2) is 153 Å². The number of morpholine rings is 2. The van der Waals surface area contributed by atoms with Crippen molar-refractivity contribution in [3.8, 4) is 0 Å². The van der Waals surface area contributed by atoms with Crippen LogP contribution in [0.3, 0.4) is 0 Å². The number of nitrogens with zero attached hydrogens (tertiary/aromatic N) is 3. The van der Waals surface area contributed by atoms with Gasteiger partial charge in [0.1, 0.15) is 12.1 Å². The van der Waals surface area contributed by atoms with E-state index in [2.05, 4.69) is 41.8 Å². The number of hydrogen-bond acceptors (Lipinski definition) is 11. The molecule has 2 saturated heterocycles. The number of ether oxygens (including phenoxy) is 2. The summed E-state index contributed by atoms with van der Waals surface area (Å²) in [5, 5.41) is 29.8. The van der Waals surface area contributed by atoms with Crippen LogP contribution in [-0.2, 0) is 32.0 Å². The first-order chi connectivity index (χ1) is 27.0. The topological polar surface area (TPSA) is 189 Å². The Morgan fingerprint density at radius 1 is 0.750 bits per heavy atom. The summed E-state index contributed by atoms with van der Waals surface area (Å²) in [6, 6.07) is 9.95. The first kappa shape index (κ1) is 44.9. The number of carbonyl (C=O) groups is 4. The lowest BCUT2D eigenvalue weighted by Crippen LogP contribution is -2.60. The van der Waals surface area contributed by atoms with Crippen molar-refractivity contribution in [2.24, 2.45) is 11.8 Å². The second-order valence-electron chi connectivity index (χ2n) is 15.0. The van der Waals surface area contributed by atoms with Gasteiger partial charge in [0.25, 0.3) is 5.91 Å². The SMILES string of the molecule is CC(C)[C@H](NC(=O)NCCN1CCOCC1)C(=O)NC(Cc1ccccc1)C(O)CN(Cc1cccs1)NC(=O)[C@@H](NC(=O)NCCN1CCOCC1)C(C)C. The molecule has 0 aliphatic carbocycles. The summed E-state index contributed by atoms with van der Waals surface area (Å²) in [6.45, 7) is 15.8. The molecule has 2 aliphatic heterocycles. The zero-order chi connectivity index (χ0) is 40.3. The van der Waals surface area contributed by atoms with Gasteiger partial charge in [0.05, 0.1) is 45.1 Å². The van der Waals surface area contributed by atoms with E-state index < -0.39 is 48.1 Å². The van der Waals surface area contributed by atoms with Gasteiger partial charge in [-0.3, -0.25) is 24.8 Å². The monoisotopic (exact) mass is 801 g/mol. The Hall–Kier alpha value is -3.84. The number of urea groups is 2. The smallest absolute Gasteiger partial charge is 0.315 e. The van der Waals surface area contributed by atoms with Crippen molar-refractivity contribution in [3.63, 3.8) is 0 Å². The Labute approximate surface area is 335 Å². The molecule has 312 valence electrons. The summed E-state index contributed by atoms with van der Waals surface area (Å²) in [6.07, 6.45) is -0.852. The molecule has 4 rings (SSSR count). The molecule has 2 aromatic rings. The molecule has 0 spiro atoms. The minimum atomic E-state index is -1.15. The second-order valence-corrected chi connectivity index (χ2v) is 16.0. The second kappa shape index (κ2) is 24.0. The lowest BCUT2D eigenvalue weighted by molar-refractivity contribution is -0.131. The lowest BCUT2D eigenvalue weighted by atomic mass is 9.98. The Morgan fingerprint density at radius 3 is 1.79 bits per heavy atom. The van der Waals surface area contributed by atoms with Crippen LogP contribution in [0.2, 0.25) is 0 Å². The Bertz CT molecular complexity index is 1460. The molecule has 0 bridgehead atoms. The zero-order valence-electron chi connectivity index (χ0n) is 33.3. The summed E-state index contributed by atoms with van der Waals surface area (Å²) < 4.78 is 10.8. The standard InChI is InChI=1S/C39H63N9O7S/c1-28(2)34(43-38(52)40-12-14-46-16-20-54-21-17-46)36(50)42-32(25-30-9-6-5-7-10-30)33(49)27-48(26-31-11-8-24-56-31)45-37(51)35(29(3)4)44-39(53)41-13-15-47-18-22-55-23-19-47/h5-11,24,28-29,32-35,49H,12-23,25-27H2,1-4H3,(H,42,50)(H,45,51)(H2,40,43,52)(H2,41,44,53)/t32?,33?,34-,35-/m0/s1. The van der Waals surface area contributed by atoms with Crippen LogP contribution in [0.15, 0.2) is 47.8 Å². The van der Waals surface area contributed by atoms with Gasteiger partial charge >= 0.3 is 12.1 Å². The Kier molecular flexibility index (Phi) is 19.3. The van der Waals surface area contributed by atoms with E-state index in [4.69, 9.17) is 9.47 Å². The van der Waals surface area contributed by atoms with Gasteiger partial charge in [-0.25, -0.2) is 14.6 Å². The van der Waals surface area contributed by atoms with Crippen molar-refractivity contribution < 1.29 is 33.8 Å². The summed E-state index contributed by atoms with van der Waals surface area (Å²) in [4.78, 5) is 58.9. The average molecular weight is 802 g/mol. The maximum Gasteiger partial charge on any atom is 0.315 e. The molecule has 16 nitrogen and oxygen atoms in total. The molecule has 3 heterocycles. The quantitative estimate of drug-likeness (QED) is 0.0898. The molecule has 0 radical (unpaired) electrons. The van der Waals surface area contributed by atoms with Gasteiger partial charge in [0.15, 0.2) is 0 Å². The third kappa shape index (κ3) is 16.0. The van der Waals surface area contributed by atoms with Gasteiger partial charge in [0, 0.05) is 63.8 Å². The summed E-state index contributed by atoms with van der Waals surface area (Å²) in [5.41, 5.74) is 3.84. The maximum absolute atomic E-state index is 13.9. The fourth-order valence-electron chi connectivity index (χ4n) is 6.50. The number of aliphatic hydroxyl groups excluding tert-OH is 1. The largest absolute Gasteiger partial charge is 0.390 e. The van der Waals surface area contributed by atoms with Gasteiger partial charge in [-0.1, -0.05) is 64.1 Å². The molecule has 0 saturated carbocycles. The number of aliphatic hydroxyl groups is 1. The first-order valence-corrected chi connectivity index (χ1v) is 20.7. The van der Waals surface area contributed by atoms with Crippen LogP contribution in [0.1, 0.15) is 38.1 Å². The number of hydrogen-bond donors (Lipinski definition) is 7. The highest BCUT2D eigenvalue weighted by atomic mass is 32.1. The molecule has 2 fully saturated rings. The van der Waals surface area contributed by atoms with Crippen molar-refractivity contribution in [2.45, 2.75) is 64.9 Å². The summed E-state index contributed by atoms with van der Waals surface area (Å²) >= 11 is 1.51. The molecule has 2 aliphatic rings. The molecule has 1 aromatic carbocycles. The fourth-order valence-corrected chi connectivity index (χ4v) is 7.22. The molecule has 7 N–H and O–H groups in total. The van der Waals surface area contributed by atoms with E-state index in [-0.39, 0.29) is 24.9 Å². The molecule has 4 atom stereocenters. The molecular weight excluding hydrogens is 739 g/mol. The van der Waals surface area contributed by atoms with Crippen LogP contribution in [0.25, 0.3) is 0 Å². The Balaban J connectivity index is 1.41. The van der Waals surface area contributed by atoms with Gasteiger partial charge in [0.2, 0.25) is 5.91 Å². The lowest BCUT2D eigenvalue weighted by Gasteiger charge is -2.33. The molecule has 2 unspecified atom stereocenters. The molecule has 56 heavy (non-hydrogen) atoms. The zero-order valence-corrected chi connectivity index (χ0v) is 34.2. The van der Waals surface area contributed by atoms with E-state index in [1.165, 1.54) is 11.3 Å². The van der Waals surface area contributed by atoms with Crippen molar-refractivity contribution in [1.82, 2.24) is 46.8 Å². The van der Waals surface area contributed by atoms with Gasteiger partial charge in [-0.15, -0.1) is 11.3 Å². The molecular formula is C39H63N9O7S. The summed E-state index contributed by atoms with van der Waals surface area (Å²) in [7, 11) is 0. The minimum Gasteiger partial charge on any atom is -0.390 e. The molecule has 17 heteroatoms. The maximum atomic E-state index is 13.9. The first-order valence-electron chi connectivity index (χ1n) is 19.8. The molecule has 1 aromatic heterocycles. The number of carbonyl (C=O) groups excluding carboxylic acids is 4. The van der Waals surface area contributed by atoms with Crippen LogP contribution < -0.4 is 32.0 Å². The number of nitrogens with one attached hydrogen (secondary N) is 6. The van der Waals surface area contributed by atoms with Crippen molar-refractivity contribution in [1.29, 1.82) is 0 Å². The third-order valence-electron chi connectivity index (χ3n) is 9.80. The highest BCUT2D eigenvalue weighted by Crippen LogP contribution is 2.15. The predicted octanol–water partition coefficient (Wildman–Crippen LogP) is 0.982. The van der Waals surface area contributed by atoms with E-state index in [9.17, 15) is 24.3 Å². The van der Waals surface area contributed by atoms with E-state index in [0.29, 0.717) is 59.0 Å². The third-order valence-corrected chi connectivity index (χ3v) is 10.7. The van der Waals surface area contributed by atoms with Crippen LogP contribution >= 0.6 is 11.3 Å². The van der Waals surface area contributed by atoms with E-state index in [1.54, 1.807) is 5.01 Å². The number of amides is 6. The van der Waals surface area contributed by atoms with Crippen LogP contribution in [0.5, 0.6) is 0 Å². The van der Waals surface area contributed by atoms with Crippen molar-refractivity contribution >= 4 is 35.2 Å². The highest BCUT2D eigenvalue weighted by Gasteiger charge is 2.32. The number of hydrazine groups is 1. The predicted molar refractivity (Wildman–Crippen MR) is 216 cm³/mol. The fraction of sp³-hybridized carbons (Fsp3) is 0.641. The van der Waals surface area contributed by atoms with Gasteiger partial charge < -0.3 is 41.2 Å². The van der Waals surface area contributed by atoms with Gasteiger partial charge in [-0.05, 0) is 35.3 Å². The minimum absolute atomic E-state index is 0.0419. The average Bonchev–Trinajstić information content (AvgIpc) is 3.69. The van der Waals surface area contributed by atoms with E-state index in [1.807, 2.05) is 75.5 Å². The Morgan fingerprint density at radius 2 is 1.29 bits per heavy atom. The number of rotatable bonds is 21. The summed E-state index contributed by atoms with van der Waals surface area (Å²) in [5.74, 6) is -1.35. The van der Waals surface area contributed by atoms with E-state index >= 15 is 0 Å². The van der Waals surface area contributed by atoms with E-state index in [0.717, 1.165) is 36.6 Å². The van der Waals surface area contributed by atoms with Crippen molar-refractivity contribution in [2.75, 3.05) is 85.3 Å². The highest BCUT2D eigenvalue weighted by molar-refractivity contribution is 7.09. The van der Waals surface area contributed by atoms with Crippen LogP contribution in [0, 0.1) is 11.8 Å². The van der Waals surface area contributed by atoms with Crippen molar-refractivity contribution in [3.05, 3.63) is 58.3 Å². The van der Waals surface area contributed by atoms with Gasteiger partial charge in [-0.2, -0.15) is 0 Å². The number of thiophene rings is 1. The normalized spacial score (nSPS) is 17.5. The van der Waals surface area contributed by atoms with Crippen LogP contribution in [0.4, 0.5) is 9.59 Å². The molecule has 6 amide bonds. The number of benzene rings is 1.